The second-order valence-electron chi connectivity index (χ2n) is 32.0. The summed E-state index contributed by atoms with van der Waals surface area (Å²) in [5.41, 5.74) is 23.7. The summed E-state index contributed by atoms with van der Waals surface area (Å²) >= 11 is 0. The van der Waals surface area contributed by atoms with Gasteiger partial charge >= 0.3 is 47.3 Å². The molecule has 14 N–H and O–H groups in total. The van der Waals surface area contributed by atoms with E-state index in [1.54, 1.807) is 14.7 Å². The highest BCUT2D eigenvalue weighted by atomic mass is 16.4. The molecule has 4 aromatic heterocycles. The largest absolute Gasteiger partial charge is 0.474 e. The van der Waals surface area contributed by atoms with E-state index in [1.165, 1.54) is 151 Å². The van der Waals surface area contributed by atoms with Gasteiger partial charge < -0.3 is 69.3 Å². The SMILES string of the molecule is CC1(C)CCC[C@@H]2CN(C(=O)C(=O)Nc3cncc(C(N)=O)c3)CC[C@H]21.CC1(C)CCC[C@H]2CN(C(=O)C(=O)Nc3cncc(C(N)=O)c3)CC[C@@H]21.CC1(C)CCC[C@H]2CN(C(=O)C(=O)Nc3cncc(C(N)=O)c3)CC[C@@H]21.CC1(C)CCC[C@H]2CNCC[C@@H]21.NC(=O)c1cncc(NC(=O)C(=O)O)c1. The van der Waals surface area contributed by atoms with E-state index in [1.807, 2.05) is 5.32 Å². The molecule has 8 fully saturated rings. The van der Waals surface area contributed by atoms with Gasteiger partial charge in [0.05, 0.1) is 69.8 Å². The first-order valence-corrected chi connectivity index (χ1v) is 36.6. The van der Waals surface area contributed by atoms with Gasteiger partial charge in [-0.05, 0) is 183 Å². The molecule has 8 heterocycles. The molecule has 4 aliphatic heterocycles. The number of hydrogen-bond acceptors (Lipinski definition) is 17. The summed E-state index contributed by atoms with van der Waals surface area (Å²) < 4.78 is 0. The molecule has 29 nitrogen and oxygen atoms in total. The molecule has 8 atom stereocenters. The number of carboxylic acid groups (broad SMARTS) is 1. The van der Waals surface area contributed by atoms with Crippen molar-refractivity contribution in [3.8, 4) is 0 Å². The molecule has 105 heavy (non-hydrogen) atoms. The molecule has 12 rings (SSSR count). The molecule has 4 aromatic rings. The highest BCUT2D eigenvalue weighted by molar-refractivity contribution is 6.41. The number of primary amides is 4. The number of nitrogens with zero attached hydrogens (tertiary/aromatic N) is 7. The van der Waals surface area contributed by atoms with Crippen molar-refractivity contribution in [2.75, 3.05) is 73.6 Å². The fourth-order valence-electron chi connectivity index (χ4n) is 17.6. The first kappa shape index (κ1) is 80.9. The van der Waals surface area contributed by atoms with E-state index in [0.717, 1.165) is 50.4 Å². The molecule has 11 amide bonds. The molecular formula is C76H106N16O13. The second-order valence-corrected chi connectivity index (χ2v) is 32.0. The molecule has 0 spiro atoms. The monoisotopic (exact) mass is 1450 g/mol. The number of piperidine rings is 4. The van der Waals surface area contributed by atoms with Crippen molar-refractivity contribution in [2.45, 2.75) is 158 Å². The Morgan fingerprint density at radius 3 is 0.895 bits per heavy atom. The Bertz CT molecular complexity index is 3580. The lowest BCUT2D eigenvalue weighted by atomic mass is 9.61. The summed E-state index contributed by atoms with van der Waals surface area (Å²) in [4.78, 5) is 160. The molecule has 4 saturated carbocycles. The van der Waals surface area contributed by atoms with Crippen LogP contribution < -0.4 is 49.5 Å². The van der Waals surface area contributed by atoms with Crippen LogP contribution in [0.5, 0.6) is 0 Å². The quantitative estimate of drug-likeness (QED) is 0.0793. The Morgan fingerprint density at radius 2 is 0.638 bits per heavy atom. The number of carbonyl (C=O) groups is 12. The first-order chi connectivity index (χ1) is 49.5. The van der Waals surface area contributed by atoms with E-state index in [-0.39, 0.29) is 45.0 Å². The van der Waals surface area contributed by atoms with Gasteiger partial charge in [0, 0.05) is 64.1 Å². The normalized spacial score (nSPS) is 24.1. The average Bonchev–Trinajstić information content (AvgIpc) is 0.802. The maximum Gasteiger partial charge on any atom is 0.394 e. The summed E-state index contributed by atoms with van der Waals surface area (Å²) in [6.45, 7) is 25.1. The van der Waals surface area contributed by atoms with Crippen LogP contribution in [-0.4, -0.2) is 163 Å². The van der Waals surface area contributed by atoms with E-state index < -0.39 is 70.9 Å². The number of nitrogens with two attached hydrogens (primary N) is 4. The van der Waals surface area contributed by atoms with E-state index in [4.69, 9.17) is 28.0 Å². The molecule has 4 saturated heterocycles. The van der Waals surface area contributed by atoms with Crippen molar-refractivity contribution in [1.29, 1.82) is 0 Å². The predicted molar refractivity (Wildman–Crippen MR) is 393 cm³/mol. The molecule has 0 aromatic carbocycles. The summed E-state index contributed by atoms with van der Waals surface area (Å²) in [5.74, 6) is -3.96. The van der Waals surface area contributed by atoms with Crippen LogP contribution in [-0.2, 0) is 38.4 Å². The number of anilines is 4. The number of rotatable bonds is 8. The maximum absolute atomic E-state index is 12.6. The zero-order valence-corrected chi connectivity index (χ0v) is 61.8. The number of fused-ring (bicyclic) bond motifs is 4. The molecular weight excluding hydrogens is 1340 g/mol. The number of hydrogen-bond donors (Lipinski definition) is 10. The third-order valence-corrected chi connectivity index (χ3v) is 23.2. The molecule has 0 unspecified atom stereocenters. The number of aromatic nitrogens is 4. The van der Waals surface area contributed by atoms with Crippen molar-refractivity contribution in [1.82, 2.24) is 40.0 Å². The van der Waals surface area contributed by atoms with Gasteiger partial charge in [-0.1, -0.05) is 81.1 Å². The fraction of sp³-hybridized carbons (Fsp3) is 0.579. The Labute approximate surface area is 613 Å². The van der Waals surface area contributed by atoms with Crippen LogP contribution in [0, 0.1) is 69.0 Å². The summed E-state index contributed by atoms with van der Waals surface area (Å²) in [7, 11) is 0. The molecule has 568 valence electrons. The summed E-state index contributed by atoms with van der Waals surface area (Å²) in [6.07, 6.45) is 29.7. The summed E-state index contributed by atoms with van der Waals surface area (Å²) in [6, 6.07) is 5.47. The van der Waals surface area contributed by atoms with Crippen molar-refractivity contribution in [2.24, 2.45) is 91.9 Å². The van der Waals surface area contributed by atoms with Crippen LogP contribution in [0.3, 0.4) is 0 Å². The lowest BCUT2D eigenvalue weighted by Gasteiger charge is -2.49. The third-order valence-electron chi connectivity index (χ3n) is 23.2. The Hall–Kier alpha value is -9.80. The van der Waals surface area contributed by atoms with Crippen molar-refractivity contribution < 1.29 is 62.6 Å². The van der Waals surface area contributed by atoms with Gasteiger partial charge in [0.25, 0.3) is 0 Å². The Balaban J connectivity index is 0.000000170. The van der Waals surface area contributed by atoms with E-state index in [9.17, 15) is 57.5 Å². The van der Waals surface area contributed by atoms with Gasteiger partial charge in [0.2, 0.25) is 23.6 Å². The number of carbonyl (C=O) groups excluding carboxylic acids is 11. The fourth-order valence-corrected chi connectivity index (χ4v) is 17.6. The minimum absolute atomic E-state index is 0.0817. The van der Waals surface area contributed by atoms with E-state index in [0.29, 0.717) is 96.4 Å². The number of pyridine rings is 4. The highest BCUT2D eigenvalue weighted by Gasteiger charge is 2.47. The lowest BCUT2D eigenvalue weighted by Crippen LogP contribution is -2.51. The standard InChI is InChI=1S/3C19H26N4O3.C11H21N.C8H7N3O4/c3*1-19(2)6-3-4-12-11-23(7-5-15(12)19)18(26)17(25)22-14-8-13(16(20)24)9-21-10-14;1-11(2)6-3-4-9-8-12-7-5-10(9)11;9-6(12)4-1-5(3-10-2-4)11-7(13)8(14)15/h3*8-10,12,15H,3-7,11H2,1-2H3,(H2,20,24)(H,22,25);9-10,12H,3-8H2,1-2H3;1-3H,(H2,9,12)(H,11,13)(H,14,15)/t3*12-,15-;9-,10-;/m1000./s1. The molecule has 0 radical (unpaired) electrons. The second kappa shape index (κ2) is 35.3. The molecule has 0 bridgehead atoms. The lowest BCUT2D eigenvalue weighted by molar-refractivity contribution is -0.147. The minimum atomic E-state index is -1.63. The van der Waals surface area contributed by atoms with E-state index in [2.05, 4.69) is 96.6 Å². The number of aliphatic carboxylic acids is 1. The van der Waals surface area contributed by atoms with Gasteiger partial charge in [-0.25, -0.2) is 4.79 Å². The maximum atomic E-state index is 12.6. The molecule has 8 aliphatic rings. The Kier molecular flexibility index (Phi) is 27.2. The van der Waals surface area contributed by atoms with Gasteiger partial charge in [0.15, 0.2) is 0 Å². The van der Waals surface area contributed by atoms with Gasteiger partial charge in [-0.15, -0.1) is 0 Å². The number of amides is 11. The number of carboxylic acids is 1. The van der Waals surface area contributed by atoms with Crippen LogP contribution in [0.25, 0.3) is 0 Å². The van der Waals surface area contributed by atoms with Crippen LogP contribution in [0.1, 0.15) is 200 Å². The summed E-state index contributed by atoms with van der Waals surface area (Å²) in [5, 5.41) is 21.4. The van der Waals surface area contributed by atoms with E-state index >= 15 is 0 Å². The van der Waals surface area contributed by atoms with Gasteiger partial charge in [-0.2, -0.15) is 0 Å². The molecule has 4 aliphatic carbocycles. The Morgan fingerprint density at radius 1 is 0.381 bits per heavy atom. The average molecular weight is 1450 g/mol. The first-order valence-electron chi connectivity index (χ1n) is 36.6. The minimum Gasteiger partial charge on any atom is -0.474 e. The number of likely N-dealkylation sites (tertiary alicyclic amines) is 3. The highest BCUT2D eigenvalue weighted by Crippen LogP contribution is 2.51. The smallest absolute Gasteiger partial charge is 0.394 e. The van der Waals surface area contributed by atoms with Crippen LogP contribution >= 0.6 is 0 Å². The van der Waals surface area contributed by atoms with Crippen LogP contribution in [0.15, 0.2) is 73.8 Å². The van der Waals surface area contributed by atoms with Crippen molar-refractivity contribution in [3.05, 3.63) is 96.1 Å². The zero-order chi connectivity index (χ0) is 76.7. The van der Waals surface area contributed by atoms with Crippen molar-refractivity contribution >= 4 is 93.7 Å². The van der Waals surface area contributed by atoms with Crippen LogP contribution in [0.2, 0.25) is 0 Å². The van der Waals surface area contributed by atoms with Crippen molar-refractivity contribution in [3.63, 3.8) is 0 Å². The predicted octanol–water partition coefficient (Wildman–Crippen LogP) is 7.01. The topological polar surface area (TPSA) is 451 Å². The number of nitrogens with one attached hydrogen (secondary N) is 5. The van der Waals surface area contributed by atoms with Crippen LogP contribution in [0.4, 0.5) is 22.7 Å². The molecule has 29 heteroatoms. The van der Waals surface area contributed by atoms with Gasteiger partial charge in [-0.3, -0.25) is 72.7 Å². The van der Waals surface area contributed by atoms with Gasteiger partial charge in [0.1, 0.15) is 0 Å². The zero-order valence-electron chi connectivity index (χ0n) is 61.8. The third kappa shape index (κ3) is 21.7.